The lowest BCUT2D eigenvalue weighted by atomic mass is 10.2. The number of aryl methyl sites for hydroxylation is 1. The Bertz CT molecular complexity index is 362. The Morgan fingerprint density at radius 3 is 2.73 bits per heavy atom. The fraction of sp³-hybridized carbons (Fsp3) is 0.300. The predicted molar refractivity (Wildman–Crippen MR) is 62.0 cm³/mol. The van der Waals surface area contributed by atoms with E-state index in [4.69, 9.17) is 10.6 Å². The normalized spacial score (nSPS) is 11.1. The van der Waals surface area contributed by atoms with Gasteiger partial charge >= 0.3 is 0 Å². The Labute approximate surface area is 89.3 Å². The van der Waals surface area contributed by atoms with Crippen LogP contribution in [0, 0.1) is 6.92 Å². The molecule has 1 aromatic carbocycles. The molecule has 1 rings (SSSR count). The van der Waals surface area contributed by atoms with Gasteiger partial charge in [-0.1, -0.05) is 6.07 Å². The van der Waals surface area contributed by atoms with Crippen LogP contribution in [0.2, 0.25) is 0 Å². The SMILES string of the molecule is CN=C(NN)Nc1cc(C)ccc1OC. The minimum Gasteiger partial charge on any atom is -0.495 e. The Morgan fingerprint density at radius 2 is 2.20 bits per heavy atom. The molecule has 0 aromatic heterocycles. The van der Waals surface area contributed by atoms with Gasteiger partial charge in [-0.15, -0.1) is 0 Å². The molecule has 1 aromatic rings. The quantitative estimate of drug-likeness (QED) is 0.292. The fourth-order valence-electron chi connectivity index (χ4n) is 1.20. The van der Waals surface area contributed by atoms with Crippen LogP contribution in [0.1, 0.15) is 5.56 Å². The molecule has 0 saturated carbocycles. The van der Waals surface area contributed by atoms with Crippen LogP contribution in [-0.4, -0.2) is 20.1 Å². The molecule has 0 amide bonds. The third-order valence-electron chi connectivity index (χ3n) is 1.97. The van der Waals surface area contributed by atoms with E-state index in [1.165, 1.54) is 0 Å². The minimum atomic E-state index is 0.485. The van der Waals surface area contributed by atoms with Gasteiger partial charge in [-0.25, -0.2) is 5.84 Å². The zero-order valence-electron chi connectivity index (χ0n) is 9.16. The Morgan fingerprint density at radius 1 is 1.47 bits per heavy atom. The van der Waals surface area contributed by atoms with E-state index in [1.54, 1.807) is 14.2 Å². The van der Waals surface area contributed by atoms with E-state index in [0.29, 0.717) is 5.96 Å². The highest BCUT2D eigenvalue weighted by Crippen LogP contribution is 2.24. The number of nitrogens with zero attached hydrogens (tertiary/aromatic N) is 1. The van der Waals surface area contributed by atoms with Crippen LogP contribution < -0.4 is 21.3 Å². The Hall–Kier alpha value is -1.75. The van der Waals surface area contributed by atoms with Gasteiger partial charge in [0, 0.05) is 7.05 Å². The first-order valence-corrected chi connectivity index (χ1v) is 4.56. The molecule has 4 N–H and O–H groups in total. The summed E-state index contributed by atoms with van der Waals surface area (Å²) in [5.41, 5.74) is 4.41. The predicted octanol–water partition coefficient (Wildman–Crippen LogP) is 0.865. The number of hydrazine groups is 1. The van der Waals surface area contributed by atoms with Gasteiger partial charge in [0.25, 0.3) is 0 Å². The molecule has 0 unspecified atom stereocenters. The summed E-state index contributed by atoms with van der Waals surface area (Å²) >= 11 is 0. The summed E-state index contributed by atoms with van der Waals surface area (Å²) in [6.45, 7) is 2.00. The number of aliphatic imine (C=N–C) groups is 1. The summed E-state index contributed by atoms with van der Waals surface area (Å²) in [6.07, 6.45) is 0. The number of nitrogens with two attached hydrogens (primary N) is 1. The zero-order valence-corrected chi connectivity index (χ0v) is 9.16. The zero-order chi connectivity index (χ0) is 11.3. The smallest absolute Gasteiger partial charge is 0.210 e. The third-order valence-corrected chi connectivity index (χ3v) is 1.97. The van der Waals surface area contributed by atoms with Crippen LogP contribution in [0.4, 0.5) is 5.69 Å². The van der Waals surface area contributed by atoms with Gasteiger partial charge in [-0.05, 0) is 24.6 Å². The molecule has 82 valence electrons. The average molecular weight is 208 g/mol. The molecular formula is C10H16N4O. The second-order valence-corrected chi connectivity index (χ2v) is 3.05. The monoisotopic (exact) mass is 208 g/mol. The summed E-state index contributed by atoms with van der Waals surface area (Å²) in [5.74, 6) is 6.51. The molecule has 5 heteroatoms. The summed E-state index contributed by atoms with van der Waals surface area (Å²) in [6, 6.07) is 5.82. The minimum absolute atomic E-state index is 0.485. The standard InChI is InChI=1S/C10H16N4O/c1-7-4-5-9(15-3)8(6-7)13-10(12-2)14-11/h4-6H,11H2,1-3H3,(H2,12,13,14). The fourth-order valence-corrected chi connectivity index (χ4v) is 1.20. The lowest BCUT2D eigenvalue weighted by molar-refractivity contribution is 0.417. The van der Waals surface area contributed by atoms with E-state index in [1.807, 2.05) is 25.1 Å². The molecule has 0 atom stereocenters. The number of ether oxygens (including phenoxy) is 1. The van der Waals surface area contributed by atoms with Crippen molar-refractivity contribution in [2.75, 3.05) is 19.5 Å². The van der Waals surface area contributed by atoms with Gasteiger partial charge in [0.05, 0.1) is 12.8 Å². The van der Waals surface area contributed by atoms with Crippen molar-refractivity contribution >= 4 is 11.6 Å². The number of methoxy groups -OCH3 is 1. The van der Waals surface area contributed by atoms with Crippen molar-refractivity contribution in [3.8, 4) is 5.75 Å². The van der Waals surface area contributed by atoms with Gasteiger partial charge in [0.15, 0.2) is 0 Å². The number of anilines is 1. The van der Waals surface area contributed by atoms with Crippen molar-refractivity contribution in [1.29, 1.82) is 0 Å². The highest BCUT2D eigenvalue weighted by Gasteiger charge is 2.04. The number of hydrogen-bond donors (Lipinski definition) is 3. The van der Waals surface area contributed by atoms with E-state index in [2.05, 4.69) is 15.7 Å². The summed E-state index contributed by atoms with van der Waals surface area (Å²) < 4.78 is 5.20. The van der Waals surface area contributed by atoms with Gasteiger partial charge in [0.2, 0.25) is 5.96 Å². The largest absolute Gasteiger partial charge is 0.495 e. The highest BCUT2D eigenvalue weighted by molar-refractivity contribution is 5.94. The van der Waals surface area contributed by atoms with Crippen LogP contribution in [-0.2, 0) is 0 Å². The molecule has 15 heavy (non-hydrogen) atoms. The number of rotatable bonds is 2. The average Bonchev–Trinajstić information content (AvgIpc) is 2.26. The molecule has 0 bridgehead atoms. The third kappa shape index (κ3) is 2.85. The number of nitrogens with one attached hydrogen (secondary N) is 2. The first kappa shape index (κ1) is 11.3. The molecule has 0 aliphatic rings. The van der Waals surface area contributed by atoms with Crippen molar-refractivity contribution in [2.24, 2.45) is 10.8 Å². The maximum Gasteiger partial charge on any atom is 0.210 e. The topological polar surface area (TPSA) is 71.7 Å². The van der Waals surface area contributed by atoms with Crippen molar-refractivity contribution in [2.45, 2.75) is 6.92 Å². The molecule has 0 fully saturated rings. The van der Waals surface area contributed by atoms with Crippen LogP contribution in [0.3, 0.4) is 0 Å². The van der Waals surface area contributed by atoms with Gasteiger partial charge in [-0.3, -0.25) is 10.4 Å². The molecule has 0 heterocycles. The molecule has 0 spiro atoms. The highest BCUT2D eigenvalue weighted by atomic mass is 16.5. The second-order valence-electron chi connectivity index (χ2n) is 3.05. The molecule has 0 aliphatic heterocycles. The second kappa shape index (κ2) is 5.21. The Balaban J connectivity index is 2.96. The van der Waals surface area contributed by atoms with E-state index in [-0.39, 0.29) is 0 Å². The summed E-state index contributed by atoms with van der Waals surface area (Å²) in [5, 5.41) is 3.03. The number of guanidine groups is 1. The van der Waals surface area contributed by atoms with E-state index >= 15 is 0 Å². The summed E-state index contributed by atoms with van der Waals surface area (Å²) in [4.78, 5) is 3.92. The number of hydrogen-bond acceptors (Lipinski definition) is 3. The first-order chi connectivity index (χ1) is 7.21. The van der Waals surface area contributed by atoms with Crippen molar-refractivity contribution < 1.29 is 4.74 Å². The van der Waals surface area contributed by atoms with Crippen molar-refractivity contribution in [3.05, 3.63) is 23.8 Å². The maximum absolute atomic E-state index is 5.28. The molecule has 0 radical (unpaired) electrons. The lowest BCUT2D eigenvalue weighted by Gasteiger charge is -2.12. The van der Waals surface area contributed by atoms with Gasteiger partial charge in [0.1, 0.15) is 5.75 Å². The Kier molecular flexibility index (Phi) is 3.93. The van der Waals surface area contributed by atoms with Crippen molar-refractivity contribution in [1.82, 2.24) is 5.43 Å². The van der Waals surface area contributed by atoms with E-state index in [0.717, 1.165) is 17.0 Å². The summed E-state index contributed by atoms with van der Waals surface area (Å²) in [7, 11) is 3.26. The van der Waals surface area contributed by atoms with Crippen LogP contribution in [0.15, 0.2) is 23.2 Å². The van der Waals surface area contributed by atoms with E-state index < -0.39 is 0 Å². The van der Waals surface area contributed by atoms with Gasteiger partial charge < -0.3 is 10.1 Å². The molecule has 5 nitrogen and oxygen atoms in total. The van der Waals surface area contributed by atoms with Crippen molar-refractivity contribution in [3.63, 3.8) is 0 Å². The number of benzene rings is 1. The van der Waals surface area contributed by atoms with E-state index in [9.17, 15) is 0 Å². The molecular weight excluding hydrogens is 192 g/mol. The van der Waals surface area contributed by atoms with Crippen LogP contribution in [0.5, 0.6) is 5.75 Å². The molecule has 0 aliphatic carbocycles. The molecule has 0 saturated heterocycles. The first-order valence-electron chi connectivity index (χ1n) is 4.56. The van der Waals surface area contributed by atoms with Gasteiger partial charge in [-0.2, -0.15) is 0 Å². The lowest BCUT2D eigenvalue weighted by Crippen LogP contribution is -2.36. The van der Waals surface area contributed by atoms with Crippen LogP contribution in [0.25, 0.3) is 0 Å². The van der Waals surface area contributed by atoms with Crippen LogP contribution >= 0.6 is 0 Å². The maximum atomic E-state index is 5.28.